The largest absolute Gasteiger partial charge is 0.355 e. The lowest BCUT2D eigenvalue weighted by atomic mass is 9.93. The number of hydrogen-bond donors (Lipinski definition) is 1. The lowest BCUT2D eigenvalue weighted by Gasteiger charge is -2.24. The van der Waals surface area contributed by atoms with Crippen molar-refractivity contribution in [3.05, 3.63) is 29.0 Å². The molecule has 1 amide bonds. The number of hydrogen-bond acceptors (Lipinski definition) is 7. The van der Waals surface area contributed by atoms with Crippen molar-refractivity contribution in [2.75, 3.05) is 32.1 Å². The summed E-state index contributed by atoms with van der Waals surface area (Å²) in [5, 5.41) is 12.2. The molecule has 2 aliphatic rings. The molecular weight excluding hydrogens is 368 g/mol. The van der Waals surface area contributed by atoms with Crippen LogP contribution in [0.15, 0.2) is 6.20 Å². The molecule has 1 aliphatic carbocycles. The Kier molecular flexibility index (Phi) is 5.49. The molecule has 2 aromatic heterocycles. The number of carbonyl (C=O) groups excluding carboxylic acids is 1. The van der Waals surface area contributed by atoms with Gasteiger partial charge in [-0.15, -0.1) is 5.10 Å². The van der Waals surface area contributed by atoms with Gasteiger partial charge in [0.2, 0.25) is 5.82 Å². The maximum Gasteiger partial charge on any atom is 0.291 e. The van der Waals surface area contributed by atoms with Crippen LogP contribution < -0.4 is 10.2 Å². The summed E-state index contributed by atoms with van der Waals surface area (Å²) >= 11 is 0. The van der Waals surface area contributed by atoms with Crippen molar-refractivity contribution in [2.45, 2.75) is 58.2 Å². The van der Waals surface area contributed by atoms with E-state index in [9.17, 15) is 4.79 Å². The van der Waals surface area contributed by atoms with E-state index in [2.05, 4.69) is 36.7 Å². The topological polar surface area (TPSA) is 92.1 Å². The van der Waals surface area contributed by atoms with Crippen LogP contribution in [-0.2, 0) is 6.54 Å². The summed E-state index contributed by atoms with van der Waals surface area (Å²) in [6.07, 6.45) is 6.81. The quantitative estimate of drug-likeness (QED) is 0.788. The molecule has 1 saturated heterocycles. The lowest BCUT2D eigenvalue weighted by Crippen LogP contribution is -2.33. The molecule has 2 fully saturated rings. The number of nitrogens with zero attached hydrogens (tertiary/aromatic N) is 7. The number of aromatic nitrogens is 5. The van der Waals surface area contributed by atoms with Crippen molar-refractivity contribution in [1.82, 2.24) is 35.2 Å². The average molecular weight is 399 g/mol. The highest BCUT2D eigenvalue weighted by Crippen LogP contribution is 2.30. The van der Waals surface area contributed by atoms with Gasteiger partial charge in [0.25, 0.3) is 5.91 Å². The van der Waals surface area contributed by atoms with Crippen LogP contribution in [0.2, 0.25) is 0 Å². The number of anilines is 1. The summed E-state index contributed by atoms with van der Waals surface area (Å²) in [6.45, 7) is 6.43. The van der Waals surface area contributed by atoms with E-state index in [0.717, 1.165) is 48.8 Å². The first-order chi connectivity index (χ1) is 13.9. The first-order valence-corrected chi connectivity index (χ1v) is 10.4. The summed E-state index contributed by atoms with van der Waals surface area (Å²) < 4.78 is 2.01. The Morgan fingerprint density at radius 1 is 1.24 bits per heavy atom. The van der Waals surface area contributed by atoms with Crippen LogP contribution in [-0.4, -0.2) is 69.0 Å². The summed E-state index contributed by atoms with van der Waals surface area (Å²) in [4.78, 5) is 25.1. The van der Waals surface area contributed by atoms with Crippen LogP contribution in [0.1, 0.15) is 59.3 Å². The van der Waals surface area contributed by atoms with Gasteiger partial charge in [-0.05, 0) is 39.5 Å². The van der Waals surface area contributed by atoms with Gasteiger partial charge >= 0.3 is 0 Å². The molecule has 4 rings (SSSR count). The number of amides is 1. The average Bonchev–Trinajstić information content (AvgIpc) is 3.29. The fourth-order valence-electron chi connectivity index (χ4n) is 3.81. The molecule has 29 heavy (non-hydrogen) atoms. The van der Waals surface area contributed by atoms with Crippen LogP contribution in [0, 0.1) is 13.8 Å². The van der Waals surface area contributed by atoms with E-state index in [-0.39, 0.29) is 11.7 Å². The van der Waals surface area contributed by atoms with Gasteiger partial charge in [0, 0.05) is 51.0 Å². The van der Waals surface area contributed by atoms with Gasteiger partial charge in [-0.3, -0.25) is 4.79 Å². The Bertz CT molecular complexity index is 889. The van der Waals surface area contributed by atoms with Crippen molar-refractivity contribution in [2.24, 2.45) is 0 Å². The molecule has 9 nitrogen and oxygen atoms in total. The predicted octanol–water partition coefficient (Wildman–Crippen LogP) is 1.48. The first-order valence-electron chi connectivity index (χ1n) is 10.4. The molecule has 9 heteroatoms. The Morgan fingerprint density at radius 3 is 2.72 bits per heavy atom. The Labute approximate surface area is 171 Å². The van der Waals surface area contributed by atoms with E-state index in [1.54, 1.807) is 14.1 Å². The second-order valence-electron chi connectivity index (χ2n) is 8.37. The molecule has 1 aliphatic heterocycles. The van der Waals surface area contributed by atoms with Crippen LogP contribution in [0.3, 0.4) is 0 Å². The van der Waals surface area contributed by atoms with Gasteiger partial charge in [-0.25, -0.2) is 14.6 Å². The van der Waals surface area contributed by atoms with Crippen molar-refractivity contribution in [3.8, 4) is 0 Å². The number of aryl methyl sites for hydroxylation is 1. The van der Waals surface area contributed by atoms with Gasteiger partial charge < -0.3 is 15.1 Å². The molecule has 0 aromatic carbocycles. The van der Waals surface area contributed by atoms with Crippen LogP contribution in [0.4, 0.5) is 5.82 Å². The van der Waals surface area contributed by atoms with Gasteiger partial charge in [0.05, 0.1) is 17.9 Å². The molecular formula is C20H30N8O. The van der Waals surface area contributed by atoms with Gasteiger partial charge in [-0.1, -0.05) is 5.21 Å². The molecule has 0 radical (unpaired) electrons. The maximum absolute atomic E-state index is 12.3. The van der Waals surface area contributed by atoms with Crippen molar-refractivity contribution in [3.63, 3.8) is 0 Å². The van der Waals surface area contributed by atoms with Crippen LogP contribution in [0.25, 0.3) is 0 Å². The summed E-state index contributed by atoms with van der Waals surface area (Å²) in [5.74, 6) is 0.956. The van der Waals surface area contributed by atoms with Gasteiger partial charge in [-0.2, -0.15) is 0 Å². The fraction of sp³-hybridized carbons (Fsp3) is 0.650. The molecule has 0 spiro atoms. The zero-order valence-electron chi connectivity index (χ0n) is 17.7. The highest BCUT2D eigenvalue weighted by Gasteiger charge is 2.27. The Morgan fingerprint density at radius 2 is 2.03 bits per heavy atom. The Hall–Kier alpha value is -2.55. The zero-order valence-corrected chi connectivity index (χ0v) is 17.7. The minimum Gasteiger partial charge on any atom is -0.355 e. The fourth-order valence-corrected chi connectivity index (χ4v) is 3.81. The smallest absolute Gasteiger partial charge is 0.291 e. The molecule has 1 atom stereocenters. The second kappa shape index (κ2) is 8.06. The predicted molar refractivity (Wildman–Crippen MR) is 110 cm³/mol. The summed E-state index contributed by atoms with van der Waals surface area (Å²) in [7, 11) is 3.44. The van der Waals surface area contributed by atoms with E-state index in [4.69, 9.17) is 0 Å². The van der Waals surface area contributed by atoms with Crippen molar-refractivity contribution >= 4 is 11.7 Å². The van der Waals surface area contributed by atoms with Crippen molar-refractivity contribution in [1.29, 1.82) is 0 Å². The highest BCUT2D eigenvalue weighted by molar-refractivity contribution is 5.90. The molecule has 2 aromatic rings. The number of rotatable bonds is 6. The second-order valence-corrected chi connectivity index (χ2v) is 8.37. The molecule has 3 heterocycles. The van der Waals surface area contributed by atoms with Gasteiger partial charge in [0.1, 0.15) is 5.82 Å². The minimum atomic E-state index is -0.169. The standard InChI is InChI=1S/C20H30N8O/c1-13-14(2)22-18(20(29)26(3)4)23-19(13)27-9-8-15(11-27)21-10-16-12-28(25-24-16)17-6-5-7-17/h12,15,17,21H,5-11H2,1-4H3/t15-/m1/s1. The number of carbonyl (C=O) groups is 1. The van der Waals surface area contributed by atoms with E-state index in [1.807, 2.05) is 18.5 Å². The van der Waals surface area contributed by atoms with E-state index in [1.165, 1.54) is 24.2 Å². The third kappa shape index (κ3) is 4.10. The summed E-state index contributed by atoms with van der Waals surface area (Å²) in [6, 6.07) is 0.896. The molecule has 0 unspecified atom stereocenters. The minimum absolute atomic E-state index is 0.169. The number of nitrogens with one attached hydrogen (secondary N) is 1. The van der Waals surface area contributed by atoms with Crippen LogP contribution >= 0.6 is 0 Å². The monoisotopic (exact) mass is 398 g/mol. The third-order valence-corrected chi connectivity index (χ3v) is 6.03. The molecule has 156 valence electrons. The van der Waals surface area contributed by atoms with E-state index < -0.39 is 0 Å². The third-order valence-electron chi connectivity index (χ3n) is 6.03. The molecule has 0 bridgehead atoms. The van der Waals surface area contributed by atoms with E-state index in [0.29, 0.717) is 12.1 Å². The lowest BCUT2D eigenvalue weighted by molar-refractivity contribution is 0.0815. The molecule has 1 N–H and O–H groups in total. The van der Waals surface area contributed by atoms with E-state index >= 15 is 0 Å². The van der Waals surface area contributed by atoms with Gasteiger partial charge in [0.15, 0.2) is 0 Å². The SMILES string of the molecule is Cc1nc(C(=O)N(C)C)nc(N2CC[C@@H](NCc3cn(C4CCC4)nn3)C2)c1C. The Balaban J connectivity index is 1.39. The molecule has 1 saturated carbocycles. The zero-order chi connectivity index (χ0) is 20.5. The van der Waals surface area contributed by atoms with Crippen LogP contribution in [0.5, 0.6) is 0 Å². The maximum atomic E-state index is 12.3. The summed E-state index contributed by atoms with van der Waals surface area (Å²) in [5.41, 5.74) is 2.87. The van der Waals surface area contributed by atoms with Crippen molar-refractivity contribution < 1.29 is 4.79 Å². The first kappa shape index (κ1) is 19.8. The highest BCUT2D eigenvalue weighted by atomic mass is 16.2. The normalized spacial score (nSPS) is 19.4.